The molecule has 7 nitrogen and oxygen atoms in total. The minimum atomic E-state index is -1.97. The zero-order valence-corrected chi connectivity index (χ0v) is 23.2. The highest BCUT2D eigenvalue weighted by Crippen LogP contribution is 2.73. The van der Waals surface area contributed by atoms with E-state index in [4.69, 9.17) is 0 Å². The molecule has 3 N–H and O–H groups in total. The van der Waals surface area contributed by atoms with Gasteiger partial charge in [-0.3, -0.25) is 14.4 Å². The number of Topliss-reactive ketones (excluding diaryl/α,β-unsaturated/α-hetero) is 2. The first-order valence-electron chi connectivity index (χ1n) is 13.2. The van der Waals surface area contributed by atoms with Crippen molar-refractivity contribution in [3.63, 3.8) is 0 Å². The highest BCUT2D eigenvalue weighted by molar-refractivity contribution is 6.02. The molecule has 37 heavy (non-hydrogen) atoms. The van der Waals surface area contributed by atoms with Crippen molar-refractivity contribution in [3.8, 4) is 0 Å². The van der Waals surface area contributed by atoms with Gasteiger partial charge in [0.05, 0.1) is 11.7 Å². The lowest BCUT2D eigenvalue weighted by Gasteiger charge is -2.64. The molecule has 2 fully saturated rings. The van der Waals surface area contributed by atoms with Crippen LogP contribution in [-0.2, 0) is 14.4 Å². The fraction of sp³-hybridized carbons (Fsp3) is 0.700. The topological polar surface area (TPSA) is 135 Å². The largest absolute Gasteiger partial charge is 0.870 e. The Morgan fingerprint density at radius 1 is 1.08 bits per heavy atom. The number of fused-ring (bicyclic) bond motifs is 5. The van der Waals surface area contributed by atoms with Gasteiger partial charge >= 0.3 is 0 Å². The third kappa shape index (κ3) is 3.60. The molecule has 0 bridgehead atoms. The molecule has 2 saturated carbocycles. The van der Waals surface area contributed by atoms with E-state index in [1.807, 2.05) is 26.8 Å². The van der Waals surface area contributed by atoms with E-state index in [1.165, 1.54) is 32.9 Å². The van der Waals surface area contributed by atoms with E-state index in [0.717, 1.165) is 11.6 Å². The van der Waals surface area contributed by atoms with Crippen LogP contribution in [0.1, 0.15) is 74.7 Å². The summed E-state index contributed by atoms with van der Waals surface area (Å²) in [6.45, 7) is 13.7. The molecule has 204 valence electrons. The first-order chi connectivity index (χ1) is 16.7. The molecule has 0 aliphatic heterocycles. The first-order valence-corrected chi connectivity index (χ1v) is 13.2. The summed E-state index contributed by atoms with van der Waals surface area (Å²) < 4.78 is 0. The molecule has 4 aliphatic rings. The quantitative estimate of drug-likeness (QED) is 0.388. The molecule has 8 atom stereocenters. The smallest absolute Gasteiger partial charge is 0.187 e. The standard InChI is InChI=1S/C30H42O7/c1-25(2,36)12-11-21(33)30(8,37)23-19(32)14-27(5)20-10-9-16-17(13-18(31)24(35)26(16,3)4)29(20,7)22(34)15-28(23,27)6/h9,11-13,17,19-20,23,31-32,36-37H,10,14-15H2,1-8H3/p-1/b12-11+/t17-,19-,20+,23+,27+,28-,29+,30+/m1/s1. The number of hydrogen-bond donors (Lipinski definition) is 3. The summed E-state index contributed by atoms with van der Waals surface area (Å²) in [5.74, 6) is -3.48. The maximum Gasteiger partial charge on any atom is 0.187 e. The van der Waals surface area contributed by atoms with Gasteiger partial charge in [-0.1, -0.05) is 50.3 Å². The number of carbonyl (C=O) groups excluding carboxylic acids is 3. The first kappa shape index (κ1) is 27.9. The molecule has 0 unspecified atom stereocenters. The predicted molar refractivity (Wildman–Crippen MR) is 136 cm³/mol. The minimum Gasteiger partial charge on any atom is -0.870 e. The van der Waals surface area contributed by atoms with Crippen LogP contribution in [0.4, 0.5) is 0 Å². The van der Waals surface area contributed by atoms with E-state index in [-0.39, 0.29) is 24.5 Å². The molecule has 0 spiro atoms. The fourth-order valence-electron chi connectivity index (χ4n) is 8.56. The van der Waals surface area contributed by atoms with Crippen LogP contribution in [0.5, 0.6) is 0 Å². The second-order valence-electron chi connectivity index (χ2n) is 13.9. The van der Waals surface area contributed by atoms with Crippen LogP contribution in [0.15, 0.2) is 35.6 Å². The van der Waals surface area contributed by atoms with Gasteiger partial charge in [-0.15, -0.1) is 0 Å². The van der Waals surface area contributed by atoms with Crippen molar-refractivity contribution in [2.24, 2.45) is 39.4 Å². The van der Waals surface area contributed by atoms with Gasteiger partial charge in [-0.05, 0) is 70.3 Å². The number of rotatable bonds is 4. The van der Waals surface area contributed by atoms with Crippen molar-refractivity contribution >= 4 is 17.3 Å². The van der Waals surface area contributed by atoms with Crippen molar-refractivity contribution in [1.82, 2.24) is 0 Å². The molecule has 0 heterocycles. The van der Waals surface area contributed by atoms with Crippen LogP contribution in [0, 0.1) is 39.4 Å². The van der Waals surface area contributed by atoms with E-state index in [0.29, 0.717) is 6.42 Å². The number of ketones is 3. The molecular weight excluding hydrogens is 472 g/mol. The summed E-state index contributed by atoms with van der Waals surface area (Å²) in [6, 6.07) is 0. The van der Waals surface area contributed by atoms with Crippen molar-refractivity contribution < 1.29 is 34.8 Å². The monoisotopic (exact) mass is 513 g/mol. The highest BCUT2D eigenvalue weighted by Gasteiger charge is 2.74. The van der Waals surface area contributed by atoms with Crippen molar-refractivity contribution in [2.45, 2.75) is 92.0 Å². The lowest BCUT2D eigenvalue weighted by molar-refractivity contribution is -0.301. The number of carbonyl (C=O) groups is 3. The Labute approximate surface area is 219 Å². The van der Waals surface area contributed by atoms with Gasteiger partial charge in [0.25, 0.3) is 0 Å². The molecule has 0 saturated heterocycles. The number of aliphatic hydroxyl groups is 3. The fourth-order valence-corrected chi connectivity index (χ4v) is 8.56. The van der Waals surface area contributed by atoms with Crippen LogP contribution >= 0.6 is 0 Å². The Hall–Kier alpha value is -2.09. The van der Waals surface area contributed by atoms with Crippen molar-refractivity contribution in [3.05, 3.63) is 35.6 Å². The zero-order valence-electron chi connectivity index (χ0n) is 23.2. The molecule has 0 aromatic heterocycles. The van der Waals surface area contributed by atoms with Crippen LogP contribution in [0.2, 0.25) is 0 Å². The average Bonchev–Trinajstić information content (AvgIpc) is 2.96. The van der Waals surface area contributed by atoms with Gasteiger partial charge in [-0.2, -0.15) is 0 Å². The lowest BCUT2D eigenvalue weighted by Crippen LogP contribution is -2.64. The van der Waals surface area contributed by atoms with Crippen LogP contribution in [0.25, 0.3) is 0 Å². The Morgan fingerprint density at radius 3 is 2.24 bits per heavy atom. The van der Waals surface area contributed by atoms with Gasteiger partial charge in [0.15, 0.2) is 11.6 Å². The van der Waals surface area contributed by atoms with E-state index in [9.17, 15) is 34.8 Å². The summed E-state index contributed by atoms with van der Waals surface area (Å²) >= 11 is 0. The minimum absolute atomic E-state index is 0.0249. The van der Waals surface area contributed by atoms with E-state index in [1.54, 1.807) is 13.8 Å². The molecule has 0 aromatic rings. The second-order valence-corrected chi connectivity index (χ2v) is 13.9. The molecule has 0 amide bonds. The molecule has 4 rings (SSSR count). The van der Waals surface area contributed by atoms with Gasteiger partial charge in [0.1, 0.15) is 11.4 Å². The van der Waals surface area contributed by atoms with Crippen LogP contribution < -0.4 is 5.11 Å². The normalized spacial score (nSPS) is 42.9. The Kier molecular flexibility index (Phi) is 6.01. The maximum atomic E-state index is 14.2. The zero-order chi connectivity index (χ0) is 28.1. The highest BCUT2D eigenvalue weighted by atomic mass is 16.3. The number of aliphatic hydroxyl groups excluding tert-OH is 1. The Morgan fingerprint density at radius 2 is 1.68 bits per heavy atom. The van der Waals surface area contributed by atoms with E-state index >= 15 is 0 Å². The van der Waals surface area contributed by atoms with E-state index in [2.05, 4.69) is 0 Å². The average molecular weight is 514 g/mol. The SMILES string of the molecule is CC(C)(O)/C=C/C(=O)[C@](C)(O)[C@H]1[C@H](O)C[C@@]2(C)[C@@H]3CC=C4[C@@H](C=C([O-])C(=O)C4(C)C)[C@]3(C)C(=O)C[C@]12C. The van der Waals surface area contributed by atoms with Gasteiger partial charge in [0, 0.05) is 29.1 Å². The van der Waals surface area contributed by atoms with E-state index < -0.39 is 68.1 Å². The Balaban J connectivity index is 1.82. The predicted octanol–water partition coefficient (Wildman–Crippen LogP) is 2.42. The van der Waals surface area contributed by atoms with Gasteiger partial charge in [-0.25, -0.2) is 0 Å². The second kappa shape index (κ2) is 7.96. The lowest BCUT2D eigenvalue weighted by atomic mass is 9.39. The number of hydrogen-bond acceptors (Lipinski definition) is 7. The molecule has 0 radical (unpaired) electrons. The van der Waals surface area contributed by atoms with Crippen molar-refractivity contribution in [1.29, 1.82) is 0 Å². The van der Waals surface area contributed by atoms with Gasteiger partial charge in [0.2, 0.25) is 0 Å². The summed E-state index contributed by atoms with van der Waals surface area (Å²) in [5, 5.41) is 45.7. The van der Waals surface area contributed by atoms with Crippen molar-refractivity contribution in [2.75, 3.05) is 0 Å². The summed E-state index contributed by atoms with van der Waals surface area (Å²) in [5.41, 5.74) is -5.94. The summed E-state index contributed by atoms with van der Waals surface area (Å²) in [4.78, 5) is 40.1. The third-order valence-electron chi connectivity index (χ3n) is 10.8. The number of allylic oxidation sites excluding steroid dienone is 4. The Bertz CT molecular complexity index is 1150. The van der Waals surface area contributed by atoms with Crippen LogP contribution in [-0.4, -0.2) is 50.0 Å². The molecule has 0 aromatic carbocycles. The van der Waals surface area contributed by atoms with Crippen LogP contribution in [0.3, 0.4) is 0 Å². The molecule has 4 aliphatic carbocycles. The molecular formula is C30H41O7-. The summed E-state index contributed by atoms with van der Waals surface area (Å²) in [6.07, 6.45) is 5.63. The summed E-state index contributed by atoms with van der Waals surface area (Å²) in [7, 11) is 0. The maximum absolute atomic E-state index is 14.2. The van der Waals surface area contributed by atoms with Gasteiger partial charge < -0.3 is 20.4 Å². The molecule has 7 heteroatoms. The third-order valence-corrected chi connectivity index (χ3v) is 10.8.